The van der Waals surface area contributed by atoms with E-state index < -0.39 is 0 Å². The van der Waals surface area contributed by atoms with Crippen LogP contribution in [0.2, 0.25) is 0 Å². The van der Waals surface area contributed by atoms with Crippen LogP contribution in [0.5, 0.6) is 17.2 Å². The number of hydrogen-bond acceptors (Lipinski definition) is 4. The number of amides is 1. The highest BCUT2D eigenvalue weighted by molar-refractivity contribution is 5.77. The van der Waals surface area contributed by atoms with Crippen LogP contribution < -0.4 is 19.5 Å². The second kappa shape index (κ2) is 11.3. The number of ether oxygens (including phenoxy) is 3. The minimum atomic E-state index is -0.0857. The van der Waals surface area contributed by atoms with Crippen molar-refractivity contribution in [2.45, 2.75) is 43.4 Å². The van der Waals surface area contributed by atoms with Crippen LogP contribution in [0.4, 0.5) is 0 Å². The molecule has 1 atom stereocenters. The fraction of sp³-hybridized carbons (Fsp3) is 0.367. The number of carbonyl (C=O) groups excluding carboxylic acids is 1. The van der Waals surface area contributed by atoms with Crippen molar-refractivity contribution in [1.82, 2.24) is 5.32 Å². The highest BCUT2D eigenvalue weighted by Gasteiger charge is 2.36. The molecular weight excluding hydrogens is 438 g/mol. The SMILES string of the molecule is COc1ccc([C@@H](CC(=O)NCC2(c3ccc(OC)c(OC)c3)CCCC2)c2ccccc2)cc1. The third-order valence-electron chi connectivity index (χ3n) is 7.29. The van der Waals surface area contributed by atoms with Gasteiger partial charge in [-0.05, 0) is 53.8 Å². The molecule has 5 heteroatoms. The Balaban J connectivity index is 1.52. The molecule has 0 aliphatic heterocycles. The molecule has 1 amide bonds. The Morgan fingerprint density at radius 2 is 1.49 bits per heavy atom. The first kappa shape index (κ1) is 24.6. The predicted molar refractivity (Wildman–Crippen MR) is 139 cm³/mol. The van der Waals surface area contributed by atoms with Gasteiger partial charge in [0, 0.05) is 24.3 Å². The van der Waals surface area contributed by atoms with Crippen molar-refractivity contribution in [2.75, 3.05) is 27.9 Å². The molecule has 0 saturated heterocycles. The van der Waals surface area contributed by atoms with Gasteiger partial charge >= 0.3 is 0 Å². The molecule has 0 spiro atoms. The third kappa shape index (κ3) is 5.61. The van der Waals surface area contributed by atoms with Gasteiger partial charge in [-0.3, -0.25) is 4.79 Å². The van der Waals surface area contributed by atoms with E-state index in [1.807, 2.05) is 48.5 Å². The molecule has 1 aliphatic carbocycles. The highest BCUT2D eigenvalue weighted by atomic mass is 16.5. The summed E-state index contributed by atoms with van der Waals surface area (Å²) >= 11 is 0. The van der Waals surface area contributed by atoms with Crippen molar-refractivity contribution in [2.24, 2.45) is 0 Å². The molecule has 3 aromatic carbocycles. The molecule has 35 heavy (non-hydrogen) atoms. The molecule has 0 heterocycles. The Labute approximate surface area is 208 Å². The maximum absolute atomic E-state index is 13.3. The average Bonchev–Trinajstić information content (AvgIpc) is 3.41. The summed E-state index contributed by atoms with van der Waals surface area (Å²) < 4.78 is 16.3. The summed E-state index contributed by atoms with van der Waals surface area (Å²) in [5, 5.41) is 3.29. The van der Waals surface area contributed by atoms with Crippen LogP contribution in [0.25, 0.3) is 0 Å². The maximum atomic E-state index is 13.3. The predicted octanol–water partition coefficient (Wildman–Crippen LogP) is 5.86. The van der Waals surface area contributed by atoms with Crippen LogP contribution in [-0.4, -0.2) is 33.8 Å². The normalized spacial score (nSPS) is 15.3. The first-order valence-electron chi connectivity index (χ1n) is 12.3. The first-order valence-corrected chi connectivity index (χ1v) is 12.3. The van der Waals surface area contributed by atoms with Crippen LogP contribution in [0, 0.1) is 0 Å². The largest absolute Gasteiger partial charge is 0.497 e. The lowest BCUT2D eigenvalue weighted by atomic mass is 9.78. The van der Waals surface area contributed by atoms with Gasteiger partial charge in [0.05, 0.1) is 21.3 Å². The van der Waals surface area contributed by atoms with Crippen LogP contribution in [0.15, 0.2) is 72.8 Å². The fourth-order valence-electron chi connectivity index (χ4n) is 5.26. The molecule has 0 radical (unpaired) electrons. The van der Waals surface area contributed by atoms with E-state index in [-0.39, 0.29) is 17.2 Å². The number of rotatable bonds is 10. The van der Waals surface area contributed by atoms with Crippen molar-refractivity contribution in [3.8, 4) is 17.2 Å². The monoisotopic (exact) mass is 473 g/mol. The summed E-state index contributed by atoms with van der Waals surface area (Å²) in [6.07, 6.45) is 4.79. The molecule has 0 unspecified atom stereocenters. The summed E-state index contributed by atoms with van der Waals surface area (Å²) in [4.78, 5) is 13.3. The van der Waals surface area contributed by atoms with Gasteiger partial charge in [-0.25, -0.2) is 0 Å². The van der Waals surface area contributed by atoms with Crippen LogP contribution in [0.1, 0.15) is 54.7 Å². The van der Waals surface area contributed by atoms with E-state index in [0.29, 0.717) is 13.0 Å². The lowest BCUT2D eigenvalue weighted by Crippen LogP contribution is -2.39. The molecule has 0 bridgehead atoms. The molecule has 0 aromatic heterocycles. The van der Waals surface area contributed by atoms with Crippen molar-refractivity contribution in [1.29, 1.82) is 0 Å². The fourth-order valence-corrected chi connectivity index (χ4v) is 5.26. The van der Waals surface area contributed by atoms with Gasteiger partial charge < -0.3 is 19.5 Å². The van der Waals surface area contributed by atoms with Gasteiger partial charge in [-0.2, -0.15) is 0 Å². The van der Waals surface area contributed by atoms with Crippen molar-refractivity contribution in [3.63, 3.8) is 0 Å². The molecule has 4 rings (SSSR count). The van der Waals surface area contributed by atoms with Gasteiger partial charge in [-0.15, -0.1) is 0 Å². The van der Waals surface area contributed by atoms with Crippen LogP contribution in [0.3, 0.4) is 0 Å². The second-order valence-electron chi connectivity index (χ2n) is 9.27. The molecule has 1 aliphatic rings. The van der Waals surface area contributed by atoms with Crippen molar-refractivity contribution < 1.29 is 19.0 Å². The van der Waals surface area contributed by atoms with Gasteiger partial charge in [0.25, 0.3) is 0 Å². The zero-order valence-corrected chi connectivity index (χ0v) is 20.9. The molecule has 5 nitrogen and oxygen atoms in total. The Morgan fingerprint density at radius 1 is 0.829 bits per heavy atom. The third-order valence-corrected chi connectivity index (χ3v) is 7.29. The van der Waals surface area contributed by atoms with E-state index in [9.17, 15) is 4.79 Å². The minimum Gasteiger partial charge on any atom is -0.497 e. The van der Waals surface area contributed by atoms with E-state index in [4.69, 9.17) is 14.2 Å². The number of nitrogens with one attached hydrogen (secondary N) is 1. The molecule has 1 fully saturated rings. The Kier molecular flexibility index (Phi) is 7.96. The standard InChI is InChI=1S/C30H35NO4/c1-33-25-14-11-23(12-15-25)26(22-9-5-4-6-10-22)20-29(32)31-21-30(17-7-8-18-30)24-13-16-27(34-2)28(19-24)35-3/h4-6,9-16,19,26H,7-8,17-18,20-21H2,1-3H3,(H,31,32)/t26-/m0/s1. The maximum Gasteiger partial charge on any atom is 0.220 e. The summed E-state index contributed by atoms with van der Waals surface area (Å²) in [6.45, 7) is 0.617. The van der Waals surface area contributed by atoms with Gasteiger partial charge in [0.15, 0.2) is 11.5 Å². The van der Waals surface area contributed by atoms with Crippen molar-refractivity contribution in [3.05, 3.63) is 89.5 Å². The van der Waals surface area contributed by atoms with E-state index in [1.165, 1.54) is 5.56 Å². The zero-order valence-electron chi connectivity index (χ0n) is 20.9. The van der Waals surface area contributed by atoms with E-state index >= 15 is 0 Å². The summed E-state index contributed by atoms with van der Waals surface area (Å²) in [6, 6.07) is 24.4. The lowest BCUT2D eigenvalue weighted by molar-refractivity contribution is -0.121. The highest BCUT2D eigenvalue weighted by Crippen LogP contribution is 2.43. The van der Waals surface area contributed by atoms with E-state index in [2.05, 4.69) is 29.6 Å². The number of methoxy groups -OCH3 is 3. The number of hydrogen-bond donors (Lipinski definition) is 1. The van der Waals surface area contributed by atoms with Crippen molar-refractivity contribution >= 4 is 5.91 Å². The zero-order chi connectivity index (χ0) is 24.7. The second-order valence-corrected chi connectivity index (χ2v) is 9.27. The Hall–Kier alpha value is -3.47. The average molecular weight is 474 g/mol. The van der Waals surface area contributed by atoms with Crippen LogP contribution in [-0.2, 0) is 10.2 Å². The lowest BCUT2D eigenvalue weighted by Gasteiger charge is -2.31. The van der Waals surface area contributed by atoms with Crippen LogP contribution >= 0.6 is 0 Å². The molecule has 1 saturated carbocycles. The minimum absolute atomic E-state index is 0.0253. The number of benzene rings is 3. The topological polar surface area (TPSA) is 56.8 Å². The smallest absolute Gasteiger partial charge is 0.220 e. The van der Waals surface area contributed by atoms with Gasteiger partial charge in [0.2, 0.25) is 5.91 Å². The summed E-state index contributed by atoms with van der Waals surface area (Å²) in [7, 11) is 4.97. The molecule has 3 aromatic rings. The Bertz CT molecular complexity index is 1100. The van der Waals surface area contributed by atoms with E-state index in [1.54, 1.807) is 21.3 Å². The van der Waals surface area contributed by atoms with Gasteiger partial charge in [-0.1, -0.05) is 61.4 Å². The number of carbonyl (C=O) groups is 1. The summed E-state index contributed by atoms with van der Waals surface area (Å²) in [5.41, 5.74) is 3.34. The molecule has 184 valence electrons. The Morgan fingerprint density at radius 3 is 2.11 bits per heavy atom. The molecule has 1 N–H and O–H groups in total. The van der Waals surface area contributed by atoms with E-state index in [0.717, 1.165) is 54.1 Å². The first-order chi connectivity index (χ1) is 17.1. The summed E-state index contributed by atoms with van der Waals surface area (Å²) in [5.74, 6) is 2.29. The molecular formula is C30H35NO4. The quantitative estimate of drug-likeness (QED) is 0.401. The van der Waals surface area contributed by atoms with Gasteiger partial charge in [0.1, 0.15) is 5.75 Å².